The van der Waals surface area contributed by atoms with Gasteiger partial charge in [-0.3, -0.25) is 4.79 Å². The van der Waals surface area contributed by atoms with Gasteiger partial charge in [0, 0.05) is 13.0 Å². The molecule has 0 spiro atoms. The van der Waals surface area contributed by atoms with Crippen LogP contribution >= 0.6 is 0 Å². The quantitative estimate of drug-likeness (QED) is 0.682. The smallest absolute Gasteiger partial charge is 0.149 e. The number of ether oxygens (including phenoxy) is 1. The molecular weight excluding hydrogens is 154 g/mol. The summed E-state index contributed by atoms with van der Waals surface area (Å²) in [5, 5.41) is 0. The first-order valence-corrected chi connectivity index (χ1v) is 4.60. The van der Waals surface area contributed by atoms with Crippen molar-refractivity contribution in [3.63, 3.8) is 0 Å². The number of carbonyl (C=O) groups is 1. The predicted molar refractivity (Wildman–Crippen MR) is 46.9 cm³/mol. The predicted octanol–water partition coefficient (Wildman–Crippen LogP) is 0.862. The molecule has 1 heterocycles. The molecule has 3 heteroatoms. The number of hydrogen-bond acceptors (Lipinski definition) is 3. The van der Waals surface area contributed by atoms with Crippen LogP contribution in [0.25, 0.3) is 0 Å². The Morgan fingerprint density at radius 1 is 1.75 bits per heavy atom. The van der Waals surface area contributed by atoms with Gasteiger partial charge in [0.2, 0.25) is 0 Å². The highest BCUT2D eigenvalue weighted by atomic mass is 16.5. The lowest BCUT2D eigenvalue weighted by Crippen LogP contribution is -2.27. The zero-order valence-electron chi connectivity index (χ0n) is 7.58. The van der Waals surface area contributed by atoms with Gasteiger partial charge in [-0.15, -0.1) is 0 Å². The van der Waals surface area contributed by atoms with Crippen LogP contribution in [-0.4, -0.2) is 24.5 Å². The SMILES string of the molecule is CC(N)C(=O)CCC1CCCO1. The fourth-order valence-electron chi connectivity index (χ4n) is 1.40. The van der Waals surface area contributed by atoms with Gasteiger partial charge in [0.25, 0.3) is 0 Å². The largest absolute Gasteiger partial charge is 0.378 e. The molecule has 2 unspecified atom stereocenters. The molecule has 70 valence electrons. The molecule has 1 fully saturated rings. The minimum atomic E-state index is -0.314. The van der Waals surface area contributed by atoms with Crippen molar-refractivity contribution in [2.75, 3.05) is 6.61 Å². The third-order valence-corrected chi connectivity index (χ3v) is 2.24. The maximum absolute atomic E-state index is 11.1. The van der Waals surface area contributed by atoms with Crippen molar-refractivity contribution in [3.05, 3.63) is 0 Å². The third-order valence-electron chi connectivity index (χ3n) is 2.24. The molecule has 0 radical (unpaired) electrons. The molecule has 2 N–H and O–H groups in total. The third kappa shape index (κ3) is 2.91. The van der Waals surface area contributed by atoms with Crippen LogP contribution in [0.5, 0.6) is 0 Å². The van der Waals surface area contributed by atoms with E-state index in [1.54, 1.807) is 6.92 Å². The summed E-state index contributed by atoms with van der Waals surface area (Å²) in [7, 11) is 0. The highest BCUT2D eigenvalue weighted by Crippen LogP contribution is 2.16. The van der Waals surface area contributed by atoms with Crippen LogP contribution in [0, 0.1) is 0 Å². The van der Waals surface area contributed by atoms with Gasteiger partial charge in [0.15, 0.2) is 0 Å². The van der Waals surface area contributed by atoms with Crippen LogP contribution in [0.15, 0.2) is 0 Å². The molecule has 0 aliphatic carbocycles. The van der Waals surface area contributed by atoms with Crippen LogP contribution < -0.4 is 5.73 Å². The van der Waals surface area contributed by atoms with E-state index in [-0.39, 0.29) is 11.8 Å². The highest BCUT2D eigenvalue weighted by molar-refractivity contribution is 5.83. The summed E-state index contributed by atoms with van der Waals surface area (Å²) in [5.41, 5.74) is 5.43. The van der Waals surface area contributed by atoms with E-state index in [4.69, 9.17) is 10.5 Å². The summed E-state index contributed by atoms with van der Waals surface area (Å²) in [4.78, 5) is 11.1. The zero-order chi connectivity index (χ0) is 8.97. The second kappa shape index (κ2) is 4.58. The molecule has 12 heavy (non-hydrogen) atoms. The summed E-state index contributed by atoms with van der Waals surface area (Å²) in [5.74, 6) is 0.144. The Hall–Kier alpha value is -0.410. The molecule has 0 aromatic rings. The number of hydrogen-bond donors (Lipinski definition) is 1. The molecule has 1 saturated heterocycles. The molecule has 0 aromatic heterocycles. The standard InChI is InChI=1S/C9H17NO2/c1-7(10)9(11)5-4-8-3-2-6-12-8/h7-8H,2-6,10H2,1H3. The second-order valence-electron chi connectivity index (χ2n) is 3.43. The van der Waals surface area contributed by atoms with Crippen LogP contribution in [0.2, 0.25) is 0 Å². The first-order chi connectivity index (χ1) is 5.70. The lowest BCUT2D eigenvalue weighted by molar-refractivity contribution is -0.120. The molecule has 0 amide bonds. The average molecular weight is 171 g/mol. The zero-order valence-corrected chi connectivity index (χ0v) is 7.58. The molecule has 0 saturated carbocycles. The molecule has 3 nitrogen and oxygen atoms in total. The molecule has 0 bridgehead atoms. The first kappa shape index (κ1) is 9.68. The minimum Gasteiger partial charge on any atom is -0.378 e. The Bertz CT molecular complexity index is 151. The van der Waals surface area contributed by atoms with Crippen molar-refractivity contribution in [2.24, 2.45) is 5.73 Å². The maximum atomic E-state index is 11.1. The first-order valence-electron chi connectivity index (χ1n) is 4.60. The average Bonchev–Trinajstić information content (AvgIpc) is 2.51. The van der Waals surface area contributed by atoms with Crippen LogP contribution in [-0.2, 0) is 9.53 Å². The number of nitrogens with two attached hydrogens (primary N) is 1. The number of ketones is 1. The van der Waals surface area contributed by atoms with Crippen molar-refractivity contribution in [1.29, 1.82) is 0 Å². The van der Waals surface area contributed by atoms with E-state index in [2.05, 4.69) is 0 Å². The Kier molecular flexibility index (Phi) is 3.69. The summed E-state index contributed by atoms with van der Waals surface area (Å²) >= 11 is 0. The number of rotatable bonds is 4. The monoisotopic (exact) mass is 171 g/mol. The summed E-state index contributed by atoms with van der Waals surface area (Å²) in [6.45, 7) is 2.59. The second-order valence-corrected chi connectivity index (χ2v) is 3.43. The Morgan fingerprint density at radius 2 is 2.50 bits per heavy atom. The van der Waals surface area contributed by atoms with Gasteiger partial charge in [-0.1, -0.05) is 0 Å². The van der Waals surface area contributed by atoms with Crippen molar-refractivity contribution in [1.82, 2.24) is 0 Å². The number of carbonyl (C=O) groups excluding carboxylic acids is 1. The topological polar surface area (TPSA) is 52.3 Å². The van der Waals surface area contributed by atoms with Gasteiger partial charge in [0.05, 0.1) is 12.1 Å². The molecule has 1 aliphatic rings. The summed E-state index contributed by atoms with van der Waals surface area (Å²) < 4.78 is 5.39. The van der Waals surface area contributed by atoms with E-state index in [0.29, 0.717) is 12.5 Å². The molecule has 2 atom stereocenters. The van der Waals surface area contributed by atoms with Crippen molar-refractivity contribution in [3.8, 4) is 0 Å². The van der Waals surface area contributed by atoms with Crippen molar-refractivity contribution in [2.45, 2.75) is 44.8 Å². The van der Waals surface area contributed by atoms with E-state index < -0.39 is 0 Å². The van der Waals surface area contributed by atoms with Crippen LogP contribution in [0.1, 0.15) is 32.6 Å². The van der Waals surface area contributed by atoms with Gasteiger partial charge in [-0.2, -0.15) is 0 Å². The lowest BCUT2D eigenvalue weighted by atomic mass is 10.1. The fraction of sp³-hybridized carbons (Fsp3) is 0.889. The van der Waals surface area contributed by atoms with E-state index >= 15 is 0 Å². The van der Waals surface area contributed by atoms with E-state index in [0.717, 1.165) is 25.9 Å². The molecule has 1 aliphatic heterocycles. The van der Waals surface area contributed by atoms with Crippen LogP contribution in [0.3, 0.4) is 0 Å². The maximum Gasteiger partial charge on any atom is 0.149 e. The molecule has 1 rings (SSSR count). The van der Waals surface area contributed by atoms with Crippen molar-refractivity contribution >= 4 is 5.78 Å². The Morgan fingerprint density at radius 3 is 3.00 bits per heavy atom. The number of Topliss-reactive ketones (excluding diaryl/α,β-unsaturated/α-hetero) is 1. The van der Waals surface area contributed by atoms with Gasteiger partial charge in [-0.25, -0.2) is 0 Å². The van der Waals surface area contributed by atoms with Gasteiger partial charge >= 0.3 is 0 Å². The molecule has 0 aromatic carbocycles. The van der Waals surface area contributed by atoms with Gasteiger partial charge < -0.3 is 10.5 Å². The van der Waals surface area contributed by atoms with Gasteiger partial charge in [-0.05, 0) is 26.2 Å². The lowest BCUT2D eigenvalue weighted by Gasteiger charge is -2.09. The normalized spacial score (nSPS) is 25.7. The van der Waals surface area contributed by atoms with Crippen LogP contribution in [0.4, 0.5) is 0 Å². The minimum absolute atomic E-state index is 0.144. The van der Waals surface area contributed by atoms with E-state index in [9.17, 15) is 4.79 Å². The summed E-state index contributed by atoms with van der Waals surface area (Å²) in [6, 6.07) is -0.314. The van der Waals surface area contributed by atoms with E-state index in [1.165, 1.54) is 0 Å². The highest BCUT2D eigenvalue weighted by Gasteiger charge is 2.17. The Balaban J connectivity index is 2.12. The Labute approximate surface area is 73.3 Å². The van der Waals surface area contributed by atoms with E-state index in [1.807, 2.05) is 0 Å². The van der Waals surface area contributed by atoms with Crippen molar-refractivity contribution < 1.29 is 9.53 Å². The summed E-state index contributed by atoms with van der Waals surface area (Å²) in [6.07, 6.45) is 3.97. The molecular formula is C9H17NO2. The fourth-order valence-corrected chi connectivity index (χ4v) is 1.40. The van der Waals surface area contributed by atoms with Gasteiger partial charge in [0.1, 0.15) is 5.78 Å².